The molecule has 0 radical (unpaired) electrons. The number of hydrogen-bond donors (Lipinski definition) is 1. The number of likely N-dealkylation sites (N-methyl/N-ethyl adjacent to an activating group) is 1. The zero-order valence-corrected chi connectivity index (χ0v) is 12.5. The molecule has 0 unspecified atom stereocenters. The lowest BCUT2D eigenvalue weighted by Gasteiger charge is -2.34. The van der Waals surface area contributed by atoms with E-state index in [9.17, 15) is 4.79 Å². The van der Waals surface area contributed by atoms with Crippen LogP contribution in [0.15, 0.2) is 0 Å². The fraction of sp³-hybridized carbons (Fsp3) is 0.933. The van der Waals surface area contributed by atoms with Crippen LogP contribution < -0.4 is 5.32 Å². The van der Waals surface area contributed by atoms with E-state index in [-0.39, 0.29) is 12.1 Å². The quantitative estimate of drug-likeness (QED) is 0.794. The van der Waals surface area contributed by atoms with Crippen molar-refractivity contribution in [3.8, 4) is 0 Å². The first kappa shape index (κ1) is 14.1. The first-order chi connectivity index (χ1) is 9.70. The number of rotatable bonds is 6. The van der Waals surface area contributed by atoms with Gasteiger partial charge in [-0.3, -0.25) is 0 Å². The summed E-state index contributed by atoms with van der Waals surface area (Å²) < 4.78 is 5.81. The van der Waals surface area contributed by atoms with Gasteiger partial charge >= 0.3 is 6.03 Å². The number of urea groups is 1. The average Bonchev–Trinajstić information content (AvgIpc) is 3.31. The molecule has 3 fully saturated rings. The molecular weight excluding hydrogens is 254 g/mol. The first-order valence-electron chi connectivity index (χ1n) is 8.03. The van der Waals surface area contributed by atoms with E-state index in [1.54, 1.807) is 0 Å². The number of morpholine rings is 1. The molecular formula is C15H27N3O2. The van der Waals surface area contributed by atoms with Crippen molar-refractivity contribution in [3.63, 3.8) is 0 Å². The fourth-order valence-electron chi connectivity index (χ4n) is 2.84. The molecule has 3 aliphatic rings. The summed E-state index contributed by atoms with van der Waals surface area (Å²) in [6.07, 6.45) is 5.48. The predicted octanol–water partition coefficient (Wildman–Crippen LogP) is 1.15. The van der Waals surface area contributed by atoms with E-state index in [0.29, 0.717) is 6.61 Å². The summed E-state index contributed by atoms with van der Waals surface area (Å²) in [7, 11) is 2.16. The Bertz CT molecular complexity index is 342. The van der Waals surface area contributed by atoms with Crippen LogP contribution in [0, 0.1) is 11.8 Å². The molecule has 3 rings (SSSR count). The van der Waals surface area contributed by atoms with Gasteiger partial charge in [-0.2, -0.15) is 0 Å². The van der Waals surface area contributed by atoms with E-state index in [4.69, 9.17) is 4.74 Å². The highest BCUT2D eigenvalue weighted by Gasteiger charge is 2.28. The lowest BCUT2D eigenvalue weighted by Crippen LogP contribution is -2.52. The molecule has 0 bridgehead atoms. The number of amides is 2. The number of ether oxygens (including phenoxy) is 1. The summed E-state index contributed by atoms with van der Waals surface area (Å²) in [5.74, 6) is 1.64. The van der Waals surface area contributed by atoms with Crippen molar-refractivity contribution in [2.24, 2.45) is 11.8 Å². The Morgan fingerprint density at radius 3 is 2.70 bits per heavy atom. The second-order valence-corrected chi connectivity index (χ2v) is 6.73. The minimum Gasteiger partial charge on any atom is -0.373 e. The van der Waals surface area contributed by atoms with Gasteiger partial charge in [0, 0.05) is 32.7 Å². The second-order valence-electron chi connectivity index (χ2n) is 6.73. The molecule has 2 aliphatic carbocycles. The van der Waals surface area contributed by atoms with Crippen LogP contribution in [0.3, 0.4) is 0 Å². The van der Waals surface area contributed by atoms with Gasteiger partial charge in [0.25, 0.3) is 0 Å². The largest absolute Gasteiger partial charge is 0.373 e. The molecule has 0 spiro atoms. The minimum atomic E-state index is 0.0926. The van der Waals surface area contributed by atoms with Crippen molar-refractivity contribution in [1.29, 1.82) is 0 Å². The van der Waals surface area contributed by atoms with Crippen LogP contribution >= 0.6 is 0 Å². The highest BCUT2D eigenvalue weighted by Crippen LogP contribution is 2.29. The molecule has 0 aromatic carbocycles. The summed E-state index contributed by atoms with van der Waals surface area (Å²) in [4.78, 5) is 16.4. The van der Waals surface area contributed by atoms with Gasteiger partial charge in [0.15, 0.2) is 0 Å². The zero-order chi connectivity index (χ0) is 13.9. The number of nitrogens with zero attached hydrogens (tertiary/aromatic N) is 2. The maximum Gasteiger partial charge on any atom is 0.317 e. The Morgan fingerprint density at radius 2 is 2.00 bits per heavy atom. The van der Waals surface area contributed by atoms with Gasteiger partial charge in [-0.25, -0.2) is 4.79 Å². The van der Waals surface area contributed by atoms with Gasteiger partial charge in [-0.15, -0.1) is 0 Å². The molecule has 1 heterocycles. The maximum absolute atomic E-state index is 12.1. The average molecular weight is 281 g/mol. The number of nitrogens with one attached hydrogen (secondary N) is 1. The monoisotopic (exact) mass is 281 g/mol. The lowest BCUT2D eigenvalue weighted by atomic mass is 10.2. The number of carbonyl (C=O) groups excluding carboxylic acids is 1. The zero-order valence-electron chi connectivity index (χ0n) is 12.5. The third kappa shape index (κ3) is 4.35. The van der Waals surface area contributed by atoms with Crippen molar-refractivity contribution < 1.29 is 9.53 Å². The molecule has 0 aromatic rings. The van der Waals surface area contributed by atoms with Crippen LogP contribution in [-0.2, 0) is 4.74 Å². The first-order valence-corrected chi connectivity index (χ1v) is 8.03. The molecule has 1 saturated heterocycles. The molecule has 1 aliphatic heterocycles. The van der Waals surface area contributed by atoms with Crippen molar-refractivity contribution in [2.75, 3.05) is 46.4 Å². The summed E-state index contributed by atoms with van der Waals surface area (Å²) >= 11 is 0. The summed E-state index contributed by atoms with van der Waals surface area (Å²) in [5, 5.41) is 3.05. The smallest absolute Gasteiger partial charge is 0.317 e. The normalized spacial score (nSPS) is 26.9. The Labute approximate surface area is 121 Å². The summed E-state index contributed by atoms with van der Waals surface area (Å²) in [6, 6.07) is 0.0926. The summed E-state index contributed by atoms with van der Waals surface area (Å²) in [6.45, 7) is 5.07. The Hall–Kier alpha value is -0.810. The van der Waals surface area contributed by atoms with Gasteiger partial charge in [0.1, 0.15) is 0 Å². The number of hydrogen-bond acceptors (Lipinski definition) is 3. The number of carbonyl (C=O) groups is 1. The van der Waals surface area contributed by atoms with Gasteiger partial charge < -0.3 is 19.9 Å². The van der Waals surface area contributed by atoms with E-state index < -0.39 is 0 Å². The van der Waals surface area contributed by atoms with Crippen molar-refractivity contribution in [1.82, 2.24) is 15.1 Å². The molecule has 1 N–H and O–H groups in total. The molecule has 20 heavy (non-hydrogen) atoms. The molecule has 5 heteroatoms. The Morgan fingerprint density at radius 1 is 1.25 bits per heavy atom. The predicted molar refractivity (Wildman–Crippen MR) is 77.7 cm³/mol. The van der Waals surface area contributed by atoms with Crippen molar-refractivity contribution in [3.05, 3.63) is 0 Å². The van der Waals surface area contributed by atoms with Crippen molar-refractivity contribution >= 4 is 6.03 Å². The maximum atomic E-state index is 12.1. The third-order valence-electron chi connectivity index (χ3n) is 4.45. The Balaban J connectivity index is 1.38. The van der Waals surface area contributed by atoms with Crippen LogP contribution in [0.25, 0.3) is 0 Å². The molecule has 2 amide bonds. The molecule has 5 nitrogen and oxygen atoms in total. The van der Waals surface area contributed by atoms with Crippen LogP contribution in [0.1, 0.15) is 25.7 Å². The van der Waals surface area contributed by atoms with E-state index in [1.807, 2.05) is 4.90 Å². The van der Waals surface area contributed by atoms with E-state index in [0.717, 1.165) is 38.0 Å². The second kappa shape index (κ2) is 6.31. The van der Waals surface area contributed by atoms with E-state index in [1.165, 1.54) is 32.2 Å². The van der Waals surface area contributed by atoms with E-state index in [2.05, 4.69) is 17.3 Å². The van der Waals surface area contributed by atoms with Crippen molar-refractivity contribution in [2.45, 2.75) is 31.8 Å². The van der Waals surface area contributed by atoms with Crippen LogP contribution in [0.5, 0.6) is 0 Å². The highest BCUT2D eigenvalue weighted by molar-refractivity contribution is 5.74. The van der Waals surface area contributed by atoms with Gasteiger partial charge in [0.2, 0.25) is 0 Å². The molecule has 114 valence electrons. The Kier molecular flexibility index (Phi) is 4.46. The van der Waals surface area contributed by atoms with Crippen LogP contribution in [0.4, 0.5) is 4.79 Å². The molecule has 0 aromatic heterocycles. The van der Waals surface area contributed by atoms with Crippen LogP contribution in [0.2, 0.25) is 0 Å². The summed E-state index contributed by atoms with van der Waals surface area (Å²) in [5.41, 5.74) is 0. The standard InChI is InChI=1S/C15H27N3O2/c1-17(9-13-4-5-13)10-14-11-18(6-7-20-14)15(19)16-8-12-2-3-12/h12-14H,2-11H2,1H3,(H,16,19)/t14-/m0/s1. The molecule has 2 saturated carbocycles. The van der Waals surface area contributed by atoms with E-state index >= 15 is 0 Å². The topological polar surface area (TPSA) is 44.8 Å². The third-order valence-corrected chi connectivity index (χ3v) is 4.45. The lowest BCUT2D eigenvalue weighted by molar-refractivity contribution is -0.0277. The van der Waals surface area contributed by atoms with Gasteiger partial charge in [-0.1, -0.05) is 0 Å². The SMILES string of the molecule is CN(CC1CC1)C[C@H]1CN(C(=O)NCC2CC2)CCO1. The van der Waals surface area contributed by atoms with Crippen LogP contribution in [-0.4, -0.2) is 68.3 Å². The molecule has 1 atom stereocenters. The van der Waals surface area contributed by atoms with Gasteiger partial charge in [-0.05, 0) is 44.6 Å². The van der Waals surface area contributed by atoms with Gasteiger partial charge in [0.05, 0.1) is 12.7 Å². The minimum absolute atomic E-state index is 0.0926. The fourth-order valence-corrected chi connectivity index (χ4v) is 2.84. The highest BCUT2D eigenvalue weighted by atomic mass is 16.5.